The first-order valence-electron chi connectivity index (χ1n) is 6.43. The van der Waals surface area contributed by atoms with E-state index in [4.69, 9.17) is 5.84 Å². The SMILES string of the molecule is CC1CCN(Cc2cc(F)ccc2C=NN)CC1. The largest absolute Gasteiger partial charge is 0.323 e. The van der Waals surface area contributed by atoms with Gasteiger partial charge in [-0.25, -0.2) is 4.39 Å². The van der Waals surface area contributed by atoms with E-state index >= 15 is 0 Å². The van der Waals surface area contributed by atoms with E-state index in [0.717, 1.165) is 36.7 Å². The summed E-state index contributed by atoms with van der Waals surface area (Å²) < 4.78 is 13.3. The molecule has 1 saturated heterocycles. The summed E-state index contributed by atoms with van der Waals surface area (Å²) in [5.41, 5.74) is 1.86. The highest BCUT2D eigenvalue weighted by atomic mass is 19.1. The van der Waals surface area contributed by atoms with Crippen LogP contribution in [0.25, 0.3) is 0 Å². The number of rotatable bonds is 3. The average Bonchev–Trinajstić information content (AvgIpc) is 2.36. The molecule has 2 rings (SSSR count). The molecule has 0 aromatic heterocycles. The van der Waals surface area contributed by atoms with Crippen molar-refractivity contribution in [2.24, 2.45) is 16.9 Å². The lowest BCUT2D eigenvalue weighted by Gasteiger charge is -2.30. The number of piperidine rings is 1. The van der Waals surface area contributed by atoms with Crippen molar-refractivity contribution in [2.45, 2.75) is 26.3 Å². The Morgan fingerprint density at radius 2 is 2.17 bits per heavy atom. The summed E-state index contributed by atoms with van der Waals surface area (Å²) in [5, 5.41) is 3.54. The fourth-order valence-electron chi connectivity index (χ4n) is 2.38. The lowest BCUT2D eigenvalue weighted by molar-refractivity contribution is 0.185. The van der Waals surface area contributed by atoms with Crippen LogP contribution in [0.15, 0.2) is 23.3 Å². The highest BCUT2D eigenvalue weighted by Gasteiger charge is 2.16. The van der Waals surface area contributed by atoms with Crippen LogP contribution < -0.4 is 5.84 Å². The van der Waals surface area contributed by atoms with Gasteiger partial charge in [0.2, 0.25) is 0 Å². The molecule has 0 aliphatic carbocycles. The number of nitrogens with zero attached hydrogens (tertiary/aromatic N) is 2. The summed E-state index contributed by atoms with van der Waals surface area (Å²) in [6, 6.07) is 4.75. The van der Waals surface area contributed by atoms with E-state index in [1.807, 2.05) is 0 Å². The number of halogens is 1. The van der Waals surface area contributed by atoms with E-state index in [0.29, 0.717) is 0 Å². The Morgan fingerprint density at radius 1 is 1.44 bits per heavy atom. The first-order valence-corrected chi connectivity index (χ1v) is 6.43. The third-order valence-electron chi connectivity index (χ3n) is 3.59. The maximum Gasteiger partial charge on any atom is 0.123 e. The maximum atomic E-state index is 13.3. The van der Waals surface area contributed by atoms with E-state index in [9.17, 15) is 4.39 Å². The van der Waals surface area contributed by atoms with Crippen molar-refractivity contribution in [3.05, 3.63) is 35.1 Å². The number of hydrogen-bond donors (Lipinski definition) is 1. The predicted molar refractivity (Wildman–Crippen MR) is 71.9 cm³/mol. The molecule has 18 heavy (non-hydrogen) atoms. The fraction of sp³-hybridized carbons (Fsp3) is 0.500. The summed E-state index contributed by atoms with van der Waals surface area (Å²) >= 11 is 0. The minimum Gasteiger partial charge on any atom is -0.323 e. The molecule has 1 aliphatic rings. The van der Waals surface area contributed by atoms with Gasteiger partial charge in [-0.15, -0.1) is 0 Å². The normalized spacial score (nSPS) is 18.6. The molecular formula is C14H20FN3. The highest BCUT2D eigenvalue weighted by molar-refractivity contribution is 5.81. The summed E-state index contributed by atoms with van der Waals surface area (Å²) in [6.07, 6.45) is 4.02. The zero-order valence-corrected chi connectivity index (χ0v) is 10.8. The molecule has 4 heteroatoms. The summed E-state index contributed by atoms with van der Waals surface area (Å²) in [6.45, 7) is 5.21. The van der Waals surface area contributed by atoms with Crippen LogP contribution in [0.1, 0.15) is 30.9 Å². The molecule has 2 N–H and O–H groups in total. The van der Waals surface area contributed by atoms with Gasteiger partial charge in [-0.2, -0.15) is 5.10 Å². The standard InChI is InChI=1S/C14H20FN3/c1-11-4-6-18(7-5-11)10-13-8-14(15)3-2-12(13)9-17-16/h2-3,8-9,11H,4-7,10,16H2,1H3. The van der Waals surface area contributed by atoms with E-state index in [1.54, 1.807) is 18.3 Å². The molecule has 1 aliphatic heterocycles. The molecule has 3 nitrogen and oxygen atoms in total. The molecular weight excluding hydrogens is 229 g/mol. The highest BCUT2D eigenvalue weighted by Crippen LogP contribution is 2.19. The lowest BCUT2D eigenvalue weighted by Crippen LogP contribution is -2.32. The molecule has 0 atom stereocenters. The van der Waals surface area contributed by atoms with E-state index in [-0.39, 0.29) is 5.82 Å². The van der Waals surface area contributed by atoms with Crippen LogP contribution in [0.2, 0.25) is 0 Å². The summed E-state index contributed by atoms with van der Waals surface area (Å²) in [7, 11) is 0. The molecule has 0 unspecified atom stereocenters. The molecule has 1 heterocycles. The van der Waals surface area contributed by atoms with Gasteiger partial charge in [-0.1, -0.05) is 13.0 Å². The van der Waals surface area contributed by atoms with E-state index in [1.165, 1.54) is 18.9 Å². The molecule has 0 saturated carbocycles. The van der Waals surface area contributed by atoms with Crippen molar-refractivity contribution < 1.29 is 4.39 Å². The minimum atomic E-state index is -0.204. The molecule has 0 spiro atoms. The van der Waals surface area contributed by atoms with E-state index < -0.39 is 0 Å². The van der Waals surface area contributed by atoms with Crippen LogP contribution in [0.5, 0.6) is 0 Å². The van der Waals surface area contributed by atoms with Crippen LogP contribution in [0.4, 0.5) is 4.39 Å². The third kappa shape index (κ3) is 3.29. The zero-order chi connectivity index (χ0) is 13.0. The van der Waals surface area contributed by atoms with Crippen molar-refractivity contribution in [3.8, 4) is 0 Å². The Hall–Kier alpha value is -1.42. The van der Waals surface area contributed by atoms with Crippen LogP contribution in [0.3, 0.4) is 0 Å². The molecule has 98 valence electrons. The summed E-state index contributed by atoms with van der Waals surface area (Å²) in [5.74, 6) is 5.78. The minimum absolute atomic E-state index is 0.204. The van der Waals surface area contributed by atoms with Crippen LogP contribution >= 0.6 is 0 Å². The van der Waals surface area contributed by atoms with Crippen molar-refractivity contribution in [1.82, 2.24) is 4.90 Å². The molecule has 0 radical (unpaired) electrons. The van der Waals surface area contributed by atoms with Gasteiger partial charge >= 0.3 is 0 Å². The first kappa shape index (κ1) is 13.0. The van der Waals surface area contributed by atoms with Gasteiger partial charge in [0.15, 0.2) is 0 Å². The maximum absolute atomic E-state index is 13.3. The van der Waals surface area contributed by atoms with E-state index in [2.05, 4.69) is 16.9 Å². The second kappa shape index (κ2) is 5.96. The lowest BCUT2D eigenvalue weighted by atomic mass is 9.98. The molecule has 1 aromatic carbocycles. The Morgan fingerprint density at radius 3 is 2.83 bits per heavy atom. The number of hydrogen-bond acceptors (Lipinski definition) is 3. The van der Waals surface area contributed by atoms with Gasteiger partial charge in [0.1, 0.15) is 5.82 Å². The predicted octanol–water partition coefficient (Wildman–Crippen LogP) is 2.35. The Balaban J connectivity index is 2.10. The van der Waals surface area contributed by atoms with Gasteiger partial charge in [0.05, 0.1) is 6.21 Å². The topological polar surface area (TPSA) is 41.6 Å². The van der Waals surface area contributed by atoms with Crippen LogP contribution in [-0.4, -0.2) is 24.2 Å². The number of nitrogens with two attached hydrogens (primary N) is 1. The second-order valence-electron chi connectivity index (χ2n) is 5.08. The van der Waals surface area contributed by atoms with Crippen molar-refractivity contribution >= 4 is 6.21 Å². The van der Waals surface area contributed by atoms with Crippen molar-refractivity contribution in [1.29, 1.82) is 0 Å². The molecule has 0 bridgehead atoms. The van der Waals surface area contributed by atoms with Crippen molar-refractivity contribution in [2.75, 3.05) is 13.1 Å². The monoisotopic (exact) mass is 249 g/mol. The van der Waals surface area contributed by atoms with Crippen LogP contribution in [0, 0.1) is 11.7 Å². The summed E-state index contributed by atoms with van der Waals surface area (Å²) in [4.78, 5) is 2.36. The quantitative estimate of drug-likeness (QED) is 0.507. The third-order valence-corrected chi connectivity index (χ3v) is 3.59. The van der Waals surface area contributed by atoms with Gasteiger partial charge in [-0.3, -0.25) is 4.90 Å². The number of benzene rings is 1. The molecule has 1 aromatic rings. The van der Waals surface area contributed by atoms with Gasteiger partial charge in [0, 0.05) is 6.54 Å². The van der Waals surface area contributed by atoms with Gasteiger partial charge in [0.25, 0.3) is 0 Å². The molecule has 0 amide bonds. The van der Waals surface area contributed by atoms with Crippen LogP contribution in [-0.2, 0) is 6.54 Å². The van der Waals surface area contributed by atoms with Crippen molar-refractivity contribution in [3.63, 3.8) is 0 Å². The van der Waals surface area contributed by atoms with Gasteiger partial charge < -0.3 is 5.84 Å². The second-order valence-corrected chi connectivity index (χ2v) is 5.08. The van der Waals surface area contributed by atoms with Gasteiger partial charge in [-0.05, 0) is 55.1 Å². The average molecular weight is 249 g/mol. The smallest absolute Gasteiger partial charge is 0.123 e. The fourth-order valence-corrected chi connectivity index (χ4v) is 2.38. The number of likely N-dealkylation sites (tertiary alicyclic amines) is 1. The molecule has 1 fully saturated rings. The Bertz CT molecular complexity index is 423. The Labute approximate surface area is 107 Å². The first-order chi connectivity index (χ1) is 8.69. The number of hydrazone groups is 1. The zero-order valence-electron chi connectivity index (χ0n) is 10.8. The Kier molecular flexibility index (Phi) is 4.31.